The van der Waals surface area contributed by atoms with E-state index in [0.29, 0.717) is 12.2 Å². The summed E-state index contributed by atoms with van der Waals surface area (Å²) < 4.78 is 4.79. The molecule has 0 amide bonds. The van der Waals surface area contributed by atoms with E-state index in [0.717, 1.165) is 11.2 Å². The number of hydrogen-bond donors (Lipinski definition) is 0. The molecule has 80 valence electrons. The van der Waals surface area contributed by atoms with Crippen LogP contribution >= 0.6 is 11.8 Å². The minimum absolute atomic E-state index is 0.235. The first-order valence-corrected chi connectivity index (χ1v) is 5.59. The minimum Gasteiger partial charge on any atom is -0.465 e. The fourth-order valence-electron chi connectivity index (χ4n) is 1.05. The van der Waals surface area contributed by atoms with Gasteiger partial charge in [0, 0.05) is 10.5 Å². The zero-order valence-electron chi connectivity index (χ0n) is 8.43. The monoisotopic (exact) mass is 224 g/mol. The summed E-state index contributed by atoms with van der Waals surface area (Å²) in [6.45, 7) is 2.15. The molecular formula is C11H12O3S. The summed E-state index contributed by atoms with van der Waals surface area (Å²) in [5, 5.41) is 0. The molecular weight excluding hydrogens is 212 g/mol. The van der Waals surface area contributed by atoms with Gasteiger partial charge in [0.1, 0.15) is 0 Å². The molecule has 0 aliphatic rings. The topological polar surface area (TPSA) is 43.4 Å². The predicted octanol–water partition coefficient (Wildman–Crippen LogP) is 2.15. The van der Waals surface area contributed by atoms with Crippen molar-refractivity contribution < 1.29 is 14.3 Å². The molecule has 0 radical (unpaired) electrons. The van der Waals surface area contributed by atoms with Crippen LogP contribution in [-0.2, 0) is 9.53 Å². The van der Waals surface area contributed by atoms with Gasteiger partial charge in [0.05, 0.1) is 12.4 Å². The average molecular weight is 224 g/mol. The summed E-state index contributed by atoms with van der Waals surface area (Å²) in [6.07, 6.45) is 0.785. The molecule has 0 aromatic heterocycles. The first-order valence-electron chi connectivity index (χ1n) is 4.60. The number of hydrogen-bond acceptors (Lipinski definition) is 4. The highest BCUT2D eigenvalue weighted by Crippen LogP contribution is 2.21. The number of ether oxygens (including phenoxy) is 1. The maximum absolute atomic E-state index is 11.1. The second kappa shape index (κ2) is 6.24. The average Bonchev–Trinajstić information content (AvgIpc) is 2.27. The number of thioether (sulfide) groups is 1. The smallest absolute Gasteiger partial charge is 0.316 e. The summed E-state index contributed by atoms with van der Waals surface area (Å²) in [4.78, 5) is 22.6. The van der Waals surface area contributed by atoms with Crippen molar-refractivity contribution in [1.82, 2.24) is 0 Å². The van der Waals surface area contributed by atoms with E-state index in [4.69, 9.17) is 4.74 Å². The van der Waals surface area contributed by atoms with Gasteiger partial charge in [-0.1, -0.05) is 18.2 Å². The Balaban J connectivity index is 2.57. The molecule has 4 heteroatoms. The van der Waals surface area contributed by atoms with E-state index in [-0.39, 0.29) is 11.7 Å². The van der Waals surface area contributed by atoms with Gasteiger partial charge < -0.3 is 4.74 Å². The summed E-state index contributed by atoms with van der Waals surface area (Å²) in [7, 11) is 0. The molecule has 15 heavy (non-hydrogen) atoms. The third kappa shape index (κ3) is 3.75. The summed E-state index contributed by atoms with van der Waals surface area (Å²) in [5.41, 5.74) is 0.604. The van der Waals surface area contributed by atoms with Gasteiger partial charge in [-0.2, -0.15) is 0 Å². The molecule has 0 heterocycles. The molecule has 0 unspecified atom stereocenters. The van der Waals surface area contributed by atoms with Crippen molar-refractivity contribution in [2.75, 3.05) is 12.4 Å². The van der Waals surface area contributed by atoms with Crippen molar-refractivity contribution >= 4 is 24.0 Å². The summed E-state index contributed by atoms with van der Waals surface area (Å²) in [5.74, 6) is -0.0261. The Kier molecular flexibility index (Phi) is 4.90. The van der Waals surface area contributed by atoms with Gasteiger partial charge in [-0.05, 0) is 13.0 Å². The van der Waals surface area contributed by atoms with Crippen LogP contribution in [0.25, 0.3) is 0 Å². The maximum atomic E-state index is 11.1. The van der Waals surface area contributed by atoms with E-state index >= 15 is 0 Å². The fraction of sp³-hybridized carbons (Fsp3) is 0.273. The second-order valence-electron chi connectivity index (χ2n) is 2.75. The van der Waals surface area contributed by atoms with Crippen molar-refractivity contribution in [2.24, 2.45) is 0 Å². The number of esters is 1. The quantitative estimate of drug-likeness (QED) is 0.436. The van der Waals surface area contributed by atoms with E-state index in [2.05, 4.69) is 0 Å². The Morgan fingerprint density at radius 3 is 2.87 bits per heavy atom. The summed E-state index contributed by atoms with van der Waals surface area (Å²) in [6, 6.07) is 7.16. The van der Waals surface area contributed by atoms with Crippen LogP contribution in [0.4, 0.5) is 0 Å². The number of carbonyl (C=O) groups is 2. The molecule has 1 aromatic carbocycles. The van der Waals surface area contributed by atoms with Crippen LogP contribution in [0.2, 0.25) is 0 Å². The first-order chi connectivity index (χ1) is 7.27. The normalized spacial score (nSPS) is 9.67. The van der Waals surface area contributed by atoms with Crippen molar-refractivity contribution in [2.45, 2.75) is 11.8 Å². The molecule has 0 atom stereocenters. The molecule has 3 nitrogen and oxygen atoms in total. The van der Waals surface area contributed by atoms with Crippen molar-refractivity contribution in [3.05, 3.63) is 29.8 Å². The van der Waals surface area contributed by atoms with E-state index in [9.17, 15) is 9.59 Å². The molecule has 0 N–H and O–H groups in total. The minimum atomic E-state index is -0.261. The lowest BCUT2D eigenvalue weighted by molar-refractivity contribution is -0.139. The van der Waals surface area contributed by atoms with Gasteiger partial charge in [-0.3, -0.25) is 9.59 Å². The zero-order chi connectivity index (χ0) is 11.1. The Morgan fingerprint density at radius 1 is 1.47 bits per heavy atom. The van der Waals surface area contributed by atoms with Gasteiger partial charge >= 0.3 is 5.97 Å². The molecule has 0 saturated carbocycles. The molecule has 1 aromatic rings. The number of benzene rings is 1. The lowest BCUT2D eigenvalue weighted by Gasteiger charge is -2.03. The lowest BCUT2D eigenvalue weighted by atomic mass is 10.2. The third-order valence-corrected chi connectivity index (χ3v) is 2.76. The highest BCUT2D eigenvalue weighted by Gasteiger charge is 2.05. The van der Waals surface area contributed by atoms with E-state index in [1.807, 2.05) is 12.1 Å². The second-order valence-corrected chi connectivity index (χ2v) is 3.77. The van der Waals surface area contributed by atoms with Gasteiger partial charge in [-0.15, -0.1) is 11.8 Å². The Bertz CT molecular complexity index is 349. The van der Waals surface area contributed by atoms with E-state index < -0.39 is 0 Å². The van der Waals surface area contributed by atoms with Crippen molar-refractivity contribution in [3.8, 4) is 0 Å². The standard InChI is InChI=1S/C11H12O3S/c1-2-14-11(13)8-15-10-6-4-3-5-9(10)7-12/h3-7H,2,8H2,1H3. The largest absolute Gasteiger partial charge is 0.465 e. The van der Waals surface area contributed by atoms with Crippen LogP contribution in [0.1, 0.15) is 17.3 Å². The maximum Gasteiger partial charge on any atom is 0.316 e. The van der Waals surface area contributed by atoms with Crippen LogP contribution in [0.3, 0.4) is 0 Å². The van der Waals surface area contributed by atoms with Gasteiger partial charge in [0.25, 0.3) is 0 Å². The van der Waals surface area contributed by atoms with Crippen molar-refractivity contribution in [3.63, 3.8) is 0 Å². The van der Waals surface area contributed by atoms with Crippen LogP contribution in [0.15, 0.2) is 29.2 Å². The van der Waals surface area contributed by atoms with Crippen LogP contribution < -0.4 is 0 Å². The summed E-state index contributed by atoms with van der Waals surface area (Å²) >= 11 is 1.31. The van der Waals surface area contributed by atoms with Crippen LogP contribution in [0.5, 0.6) is 0 Å². The van der Waals surface area contributed by atoms with Crippen LogP contribution in [-0.4, -0.2) is 24.6 Å². The van der Waals surface area contributed by atoms with Gasteiger partial charge in [0.2, 0.25) is 0 Å². The molecule has 0 bridgehead atoms. The van der Waals surface area contributed by atoms with E-state index in [1.54, 1.807) is 19.1 Å². The van der Waals surface area contributed by atoms with Crippen molar-refractivity contribution in [1.29, 1.82) is 0 Å². The molecule has 0 saturated heterocycles. The molecule has 1 rings (SSSR count). The van der Waals surface area contributed by atoms with Gasteiger partial charge in [-0.25, -0.2) is 0 Å². The number of rotatable bonds is 5. The molecule has 0 spiro atoms. The Morgan fingerprint density at radius 2 is 2.20 bits per heavy atom. The number of carbonyl (C=O) groups excluding carboxylic acids is 2. The van der Waals surface area contributed by atoms with Gasteiger partial charge in [0.15, 0.2) is 6.29 Å². The molecule has 0 aliphatic heterocycles. The zero-order valence-corrected chi connectivity index (χ0v) is 9.25. The molecule has 0 fully saturated rings. The van der Waals surface area contributed by atoms with Crippen LogP contribution in [0, 0.1) is 0 Å². The highest BCUT2D eigenvalue weighted by molar-refractivity contribution is 8.00. The Labute approximate surface area is 92.8 Å². The SMILES string of the molecule is CCOC(=O)CSc1ccccc1C=O. The fourth-order valence-corrected chi connectivity index (χ4v) is 1.86. The number of aldehydes is 1. The van der Waals surface area contributed by atoms with E-state index in [1.165, 1.54) is 11.8 Å². The highest BCUT2D eigenvalue weighted by atomic mass is 32.2. The third-order valence-electron chi connectivity index (χ3n) is 1.70. The molecule has 0 aliphatic carbocycles. The lowest BCUT2D eigenvalue weighted by Crippen LogP contribution is -2.06. The first kappa shape index (κ1) is 11.8. The Hall–Kier alpha value is -1.29. The predicted molar refractivity (Wildman–Crippen MR) is 59.2 cm³/mol.